The van der Waals surface area contributed by atoms with Crippen LogP contribution in [0.1, 0.15) is 68.7 Å². The number of carbonyl (C=O) groups excluding carboxylic acids is 2. The summed E-state index contributed by atoms with van der Waals surface area (Å²) in [6, 6.07) is 8.74. The lowest BCUT2D eigenvalue weighted by molar-refractivity contribution is 0.0964. The third kappa shape index (κ3) is 2.02. The topological polar surface area (TPSA) is 34.1 Å². The molecule has 2 aromatic rings. The van der Waals surface area contributed by atoms with Gasteiger partial charge >= 0.3 is 0 Å². The van der Waals surface area contributed by atoms with Gasteiger partial charge in [-0.3, -0.25) is 9.59 Å². The molecular formula is C22H20O2. The average Bonchev–Trinajstić information content (AvgIpc) is 2.60. The number of carbonyl (C=O) groups is 2. The highest BCUT2D eigenvalue weighted by Gasteiger charge is 2.26. The first-order valence-electron chi connectivity index (χ1n) is 9.09. The first-order chi connectivity index (χ1) is 11.7. The Morgan fingerprint density at radius 3 is 1.33 bits per heavy atom. The van der Waals surface area contributed by atoms with Gasteiger partial charge in [-0.1, -0.05) is 12.1 Å². The van der Waals surface area contributed by atoms with E-state index >= 15 is 0 Å². The summed E-state index contributed by atoms with van der Waals surface area (Å²) in [6.45, 7) is 0. The number of hydrogen-bond donors (Lipinski definition) is 0. The molecule has 0 radical (unpaired) electrons. The molecule has 3 aliphatic rings. The van der Waals surface area contributed by atoms with E-state index in [0.717, 1.165) is 49.7 Å². The van der Waals surface area contributed by atoms with Crippen LogP contribution in [0, 0.1) is 0 Å². The first-order valence-corrected chi connectivity index (χ1v) is 9.09. The Morgan fingerprint density at radius 2 is 0.875 bits per heavy atom. The van der Waals surface area contributed by atoms with Crippen molar-refractivity contribution in [3.63, 3.8) is 0 Å². The van der Waals surface area contributed by atoms with Gasteiger partial charge in [0.2, 0.25) is 0 Å². The number of aryl methyl sites for hydroxylation is 4. The smallest absolute Gasteiger partial charge is 0.163 e. The summed E-state index contributed by atoms with van der Waals surface area (Å²) < 4.78 is 0. The largest absolute Gasteiger partial charge is 0.294 e. The van der Waals surface area contributed by atoms with Crippen LogP contribution >= 0.6 is 0 Å². The van der Waals surface area contributed by atoms with Gasteiger partial charge in [0, 0.05) is 24.0 Å². The maximum Gasteiger partial charge on any atom is 0.163 e. The summed E-state index contributed by atoms with van der Waals surface area (Å²) in [5, 5.41) is 0. The van der Waals surface area contributed by atoms with Crippen LogP contribution in [0.25, 0.3) is 11.1 Å². The van der Waals surface area contributed by atoms with Crippen LogP contribution in [-0.4, -0.2) is 11.6 Å². The van der Waals surface area contributed by atoms with Gasteiger partial charge in [-0.25, -0.2) is 0 Å². The van der Waals surface area contributed by atoms with Crippen molar-refractivity contribution >= 4 is 11.6 Å². The van der Waals surface area contributed by atoms with Gasteiger partial charge in [-0.15, -0.1) is 0 Å². The fourth-order valence-electron chi connectivity index (χ4n) is 4.66. The zero-order valence-corrected chi connectivity index (χ0v) is 13.8. The second-order valence-corrected chi connectivity index (χ2v) is 7.39. The van der Waals surface area contributed by atoms with Crippen molar-refractivity contribution in [2.75, 3.05) is 0 Å². The summed E-state index contributed by atoms with van der Waals surface area (Å²) in [5.74, 6) is 0.556. The predicted molar refractivity (Wildman–Crippen MR) is 93.8 cm³/mol. The lowest BCUT2D eigenvalue weighted by atomic mass is 9.77. The Hall–Kier alpha value is -2.22. The monoisotopic (exact) mass is 316 g/mol. The van der Waals surface area contributed by atoms with Crippen LogP contribution in [0.3, 0.4) is 0 Å². The number of Topliss-reactive ketones (excluding diaryl/α,β-unsaturated/α-hetero) is 2. The standard InChI is InChI=1S/C22H20O2/c23-21-5-1-3-13-9-15-7-8-16-10-14-4-2-6-22(24)20(14)12-18(16)17(15)11-19(13)21/h9-12H,1-8H2. The molecule has 2 heteroatoms. The molecule has 0 bridgehead atoms. The molecule has 0 saturated carbocycles. The Kier molecular flexibility index (Phi) is 3.03. The molecule has 0 N–H and O–H groups in total. The van der Waals surface area contributed by atoms with E-state index in [0.29, 0.717) is 12.8 Å². The summed E-state index contributed by atoms with van der Waals surface area (Å²) >= 11 is 0. The van der Waals surface area contributed by atoms with E-state index in [2.05, 4.69) is 24.3 Å². The minimum atomic E-state index is 0.278. The molecule has 120 valence electrons. The molecule has 0 aliphatic heterocycles. The highest BCUT2D eigenvalue weighted by molar-refractivity contribution is 6.02. The minimum Gasteiger partial charge on any atom is -0.294 e. The summed E-state index contributed by atoms with van der Waals surface area (Å²) in [4.78, 5) is 24.6. The van der Waals surface area contributed by atoms with Crippen molar-refractivity contribution in [1.82, 2.24) is 0 Å². The van der Waals surface area contributed by atoms with E-state index in [1.54, 1.807) is 0 Å². The van der Waals surface area contributed by atoms with Gasteiger partial charge in [0.05, 0.1) is 0 Å². The molecular weight excluding hydrogens is 296 g/mol. The third-order valence-corrected chi connectivity index (χ3v) is 5.91. The van der Waals surface area contributed by atoms with E-state index in [9.17, 15) is 9.59 Å². The maximum absolute atomic E-state index is 12.3. The Bertz CT molecular complexity index is 829. The van der Waals surface area contributed by atoms with Crippen LogP contribution in [0.4, 0.5) is 0 Å². The molecule has 5 rings (SSSR count). The molecule has 0 fully saturated rings. The molecule has 2 nitrogen and oxygen atoms in total. The first kappa shape index (κ1) is 14.2. The van der Waals surface area contributed by atoms with Gasteiger partial charge in [-0.2, -0.15) is 0 Å². The van der Waals surface area contributed by atoms with Crippen molar-refractivity contribution in [3.8, 4) is 11.1 Å². The molecule has 0 heterocycles. The van der Waals surface area contributed by atoms with Gasteiger partial charge < -0.3 is 0 Å². The highest BCUT2D eigenvalue weighted by Crippen LogP contribution is 2.39. The highest BCUT2D eigenvalue weighted by atomic mass is 16.1. The Morgan fingerprint density at radius 1 is 0.458 bits per heavy atom. The fourth-order valence-corrected chi connectivity index (χ4v) is 4.66. The zero-order valence-electron chi connectivity index (χ0n) is 13.8. The average molecular weight is 316 g/mol. The van der Waals surface area contributed by atoms with E-state index in [1.165, 1.54) is 33.4 Å². The van der Waals surface area contributed by atoms with Crippen molar-refractivity contribution in [3.05, 3.63) is 57.6 Å². The molecule has 3 aliphatic carbocycles. The van der Waals surface area contributed by atoms with E-state index < -0.39 is 0 Å². The normalized spacial score (nSPS) is 18.5. The lowest BCUT2D eigenvalue weighted by Crippen LogP contribution is -2.16. The van der Waals surface area contributed by atoms with E-state index in [4.69, 9.17) is 0 Å². The number of rotatable bonds is 0. The summed E-state index contributed by atoms with van der Waals surface area (Å²) in [6.07, 6.45) is 7.40. The number of hydrogen-bond acceptors (Lipinski definition) is 2. The van der Waals surface area contributed by atoms with Crippen LogP contribution in [0.5, 0.6) is 0 Å². The molecule has 0 atom stereocenters. The van der Waals surface area contributed by atoms with Gasteiger partial charge in [-0.05, 0) is 84.0 Å². The SMILES string of the molecule is O=C1CCCc2cc3c(cc21)-c1cc2c(cc1CC3)CCCC2=O. The van der Waals surface area contributed by atoms with E-state index in [-0.39, 0.29) is 11.6 Å². The summed E-state index contributed by atoms with van der Waals surface area (Å²) in [7, 11) is 0. The molecule has 24 heavy (non-hydrogen) atoms. The second-order valence-electron chi connectivity index (χ2n) is 7.39. The Balaban J connectivity index is 1.72. The number of fused-ring (bicyclic) bond motifs is 5. The number of benzene rings is 2. The molecule has 0 amide bonds. The van der Waals surface area contributed by atoms with Gasteiger partial charge in [0.15, 0.2) is 11.6 Å². The fraction of sp³-hybridized carbons (Fsp3) is 0.364. The van der Waals surface area contributed by atoms with Crippen molar-refractivity contribution < 1.29 is 9.59 Å². The quantitative estimate of drug-likeness (QED) is 0.717. The molecule has 0 saturated heterocycles. The molecule has 0 aromatic heterocycles. The Labute approximate surface area is 141 Å². The van der Waals surface area contributed by atoms with Crippen LogP contribution < -0.4 is 0 Å². The van der Waals surface area contributed by atoms with Crippen molar-refractivity contribution in [2.45, 2.75) is 51.4 Å². The van der Waals surface area contributed by atoms with Crippen LogP contribution in [-0.2, 0) is 25.7 Å². The second kappa shape index (κ2) is 5.14. The minimum absolute atomic E-state index is 0.278. The lowest BCUT2D eigenvalue weighted by Gasteiger charge is -2.26. The van der Waals surface area contributed by atoms with Gasteiger partial charge in [0.1, 0.15) is 0 Å². The van der Waals surface area contributed by atoms with E-state index in [1.807, 2.05) is 0 Å². The summed E-state index contributed by atoms with van der Waals surface area (Å²) in [5.41, 5.74) is 9.34. The molecule has 0 spiro atoms. The zero-order chi connectivity index (χ0) is 16.3. The van der Waals surface area contributed by atoms with Crippen molar-refractivity contribution in [1.29, 1.82) is 0 Å². The van der Waals surface area contributed by atoms with Gasteiger partial charge in [0.25, 0.3) is 0 Å². The maximum atomic E-state index is 12.3. The van der Waals surface area contributed by atoms with Crippen LogP contribution in [0.2, 0.25) is 0 Å². The molecule has 2 aromatic carbocycles. The van der Waals surface area contributed by atoms with Crippen molar-refractivity contribution in [2.24, 2.45) is 0 Å². The van der Waals surface area contributed by atoms with Crippen LogP contribution in [0.15, 0.2) is 24.3 Å². The number of ketones is 2. The third-order valence-electron chi connectivity index (χ3n) is 5.91. The molecule has 0 unspecified atom stereocenters. The predicted octanol–water partition coefficient (Wildman–Crippen LogP) is 4.49.